The Labute approximate surface area is 122 Å². The zero-order valence-corrected chi connectivity index (χ0v) is 12.6. The number of aromatic nitrogens is 1. The summed E-state index contributed by atoms with van der Waals surface area (Å²) in [5, 5.41) is 3.54. The minimum Gasteiger partial charge on any atom is -0.306 e. The van der Waals surface area contributed by atoms with Gasteiger partial charge in [0, 0.05) is 12.4 Å². The maximum Gasteiger partial charge on any atom is 0.0591 e. The lowest BCUT2D eigenvalue weighted by atomic mass is 9.94. The maximum atomic E-state index is 4.23. The highest BCUT2D eigenvalue weighted by atomic mass is 14.9. The third-order valence-electron chi connectivity index (χ3n) is 3.88. The van der Waals surface area contributed by atoms with E-state index in [4.69, 9.17) is 0 Å². The van der Waals surface area contributed by atoms with Gasteiger partial charge in [-0.05, 0) is 41.6 Å². The quantitative estimate of drug-likeness (QED) is 0.845. The second-order valence-electron chi connectivity index (χ2n) is 5.25. The molecule has 0 radical (unpaired) electrons. The Hall–Kier alpha value is -1.67. The molecule has 2 unspecified atom stereocenters. The number of pyridine rings is 1. The summed E-state index contributed by atoms with van der Waals surface area (Å²) in [5.41, 5.74) is 3.93. The molecule has 0 fully saturated rings. The van der Waals surface area contributed by atoms with Gasteiger partial charge in [-0.2, -0.15) is 0 Å². The molecule has 1 N–H and O–H groups in total. The third kappa shape index (κ3) is 3.45. The highest BCUT2D eigenvalue weighted by Gasteiger charge is 2.13. The van der Waals surface area contributed by atoms with Crippen molar-refractivity contribution in [2.45, 2.75) is 39.2 Å². The molecule has 1 aromatic heterocycles. The SMILES string of the molecule is CCNC(c1ccc(C(C)CC)cc1)c1cccnc1. The fourth-order valence-electron chi connectivity index (χ4n) is 2.43. The summed E-state index contributed by atoms with van der Waals surface area (Å²) in [5.74, 6) is 0.625. The first-order valence-corrected chi connectivity index (χ1v) is 7.49. The molecule has 0 spiro atoms. The lowest BCUT2D eigenvalue weighted by molar-refractivity contribution is 0.627. The van der Waals surface area contributed by atoms with Crippen molar-refractivity contribution in [3.8, 4) is 0 Å². The molecule has 2 rings (SSSR count). The molecule has 0 saturated carbocycles. The highest BCUT2D eigenvalue weighted by molar-refractivity contribution is 5.33. The van der Waals surface area contributed by atoms with Crippen molar-refractivity contribution in [1.82, 2.24) is 10.3 Å². The summed E-state index contributed by atoms with van der Waals surface area (Å²) in [7, 11) is 0. The molecule has 2 heteroatoms. The number of nitrogens with zero attached hydrogens (tertiary/aromatic N) is 1. The zero-order valence-electron chi connectivity index (χ0n) is 12.6. The van der Waals surface area contributed by atoms with Crippen LogP contribution in [0.3, 0.4) is 0 Å². The van der Waals surface area contributed by atoms with Gasteiger partial charge in [0.05, 0.1) is 6.04 Å². The number of rotatable bonds is 6. The normalized spacial score (nSPS) is 13.9. The van der Waals surface area contributed by atoms with E-state index in [1.165, 1.54) is 23.1 Å². The van der Waals surface area contributed by atoms with E-state index in [0.717, 1.165) is 6.54 Å². The summed E-state index contributed by atoms with van der Waals surface area (Å²) < 4.78 is 0. The van der Waals surface area contributed by atoms with E-state index in [1.54, 1.807) is 0 Å². The van der Waals surface area contributed by atoms with Crippen molar-refractivity contribution >= 4 is 0 Å². The molecule has 0 aliphatic rings. The van der Waals surface area contributed by atoms with Crippen LogP contribution in [0, 0.1) is 0 Å². The van der Waals surface area contributed by atoms with E-state index >= 15 is 0 Å². The molecule has 0 aliphatic heterocycles. The van der Waals surface area contributed by atoms with Crippen molar-refractivity contribution in [2.24, 2.45) is 0 Å². The summed E-state index contributed by atoms with van der Waals surface area (Å²) >= 11 is 0. The summed E-state index contributed by atoms with van der Waals surface area (Å²) in [4.78, 5) is 4.23. The molecule has 0 bridgehead atoms. The second-order valence-corrected chi connectivity index (χ2v) is 5.25. The summed E-state index contributed by atoms with van der Waals surface area (Å²) in [6, 6.07) is 13.3. The Morgan fingerprint density at radius 1 is 1.00 bits per heavy atom. The van der Waals surface area contributed by atoms with E-state index in [-0.39, 0.29) is 6.04 Å². The Balaban J connectivity index is 2.26. The average Bonchev–Trinajstić information content (AvgIpc) is 2.53. The first-order chi connectivity index (χ1) is 9.76. The largest absolute Gasteiger partial charge is 0.306 e. The number of hydrogen-bond acceptors (Lipinski definition) is 2. The topological polar surface area (TPSA) is 24.9 Å². The molecular formula is C18H24N2. The van der Waals surface area contributed by atoms with Gasteiger partial charge >= 0.3 is 0 Å². The minimum absolute atomic E-state index is 0.222. The number of benzene rings is 1. The maximum absolute atomic E-state index is 4.23. The van der Waals surface area contributed by atoms with Crippen LogP contribution in [0.25, 0.3) is 0 Å². The van der Waals surface area contributed by atoms with Crippen LogP contribution in [0.15, 0.2) is 48.8 Å². The molecule has 2 atom stereocenters. The predicted octanol–water partition coefficient (Wildman–Crippen LogP) is 4.29. The Bertz CT molecular complexity index is 505. The van der Waals surface area contributed by atoms with Gasteiger partial charge < -0.3 is 5.32 Å². The Morgan fingerprint density at radius 2 is 1.70 bits per heavy atom. The van der Waals surface area contributed by atoms with E-state index in [0.29, 0.717) is 5.92 Å². The van der Waals surface area contributed by atoms with Crippen molar-refractivity contribution in [3.63, 3.8) is 0 Å². The lowest BCUT2D eigenvalue weighted by Crippen LogP contribution is -2.22. The molecule has 2 nitrogen and oxygen atoms in total. The average molecular weight is 268 g/mol. The molecule has 0 aliphatic carbocycles. The van der Waals surface area contributed by atoms with Crippen molar-refractivity contribution in [3.05, 3.63) is 65.5 Å². The van der Waals surface area contributed by atoms with Crippen LogP contribution < -0.4 is 5.32 Å². The molecular weight excluding hydrogens is 244 g/mol. The van der Waals surface area contributed by atoms with Gasteiger partial charge in [0.2, 0.25) is 0 Å². The molecule has 0 saturated heterocycles. The summed E-state index contributed by atoms with van der Waals surface area (Å²) in [6.45, 7) is 7.58. The van der Waals surface area contributed by atoms with Gasteiger partial charge in [-0.25, -0.2) is 0 Å². The van der Waals surface area contributed by atoms with Gasteiger partial charge in [-0.1, -0.05) is 51.1 Å². The van der Waals surface area contributed by atoms with Gasteiger partial charge in [0.15, 0.2) is 0 Å². The number of nitrogens with one attached hydrogen (secondary N) is 1. The van der Waals surface area contributed by atoms with Gasteiger partial charge in [0.1, 0.15) is 0 Å². The molecule has 2 aromatic rings. The van der Waals surface area contributed by atoms with Crippen LogP contribution in [-0.4, -0.2) is 11.5 Å². The first-order valence-electron chi connectivity index (χ1n) is 7.49. The highest BCUT2D eigenvalue weighted by Crippen LogP contribution is 2.24. The van der Waals surface area contributed by atoms with Crippen molar-refractivity contribution < 1.29 is 0 Å². The predicted molar refractivity (Wildman–Crippen MR) is 84.9 cm³/mol. The van der Waals surface area contributed by atoms with Gasteiger partial charge in [0.25, 0.3) is 0 Å². The molecule has 1 aromatic carbocycles. The minimum atomic E-state index is 0.222. The fraction of sp³-hybridized carbons (Fsp3) is 0.389. The van der Waals surface area contributed by atoms with Crippen LogP contribution in [0.1, 0.15) is 55.8 Å². The zero-order chi connectivity index (χ0) is 14.4. The van der Waals surface area contributed by atoms with Crippen molar-refractivity contribution in [2.75, 3.05) is 6.54 Å². The van der Waals surface area contributed by atoms with Crippen LogP contribution in [0.4, 0.5) is 0 Å². The van der Waals surface area contributed by atoms with E-state index in [2.05, 4.69) is 61.4 Å². The number of hydrogen-bond donors (Lipinski definition) is 1. The smallest absolute Gasteiger partial charge is 0.0591 e. The van der Waals surface area contributed by atoms with E-state index in [1.807, 2.05) is 18.5 Å². The van der Waals surface area contributed by atoms with Gasteiger partial charge in [-0.3, -0.25) is 4.98 Å². The van der Waals surface area contributed by atoms with Crippen LogP contribution >= 0.6 is 0 Å². The Morgan fingerprint density at radius 3 is 2.25 bits per heavy atom. The van der Waals surface area contributed by atoms with Crippen LogP contribution in [0.2, 0.25) is 0 Å². The standard InChI is InChI=1S/C18H24N2/c1-4-14(3)15-8-10-16(11-9-15)18(20-5-2)17-7-6-12-19-13-17/h6-14,18,20H,4-5H2,1-3H3. The molecule has 106 valence electrons. The summed E-state index contributed by atoms with van der Waals surface area (Å²) in [6.07, 6.45) is 4.94. The van der Waals surface area contributed by atoms with Crippen molar-refractivity contribution in [1.29, 1.82) is 0 Å². The molecule has 1 heterocycles. The Kier molecular flexibility index (Phi) is 5.31. The second kappa shape index (κ2) is 7.20. The monoisotopic (exact) mass is 268 g/mol. The van der Waals surface area contributed by atoms with Crippen LogP contribution in [-0.2, 0) is 0 Å². The third-order valence-corrected chi connectivity index (χ3v) is 3.88. The van der Waals surface area contributed by atoms with Crippen LogP contribution in [0.5, 0.6) is 0 Å². The van der Waals surface area contributed by atoms with E-state index in [9.17, 15) is 0 Å². The van der Waals surface area contributed by atoms with E-state index < -0.39 is 0 Å². The lowest BCUT2D eigenvalue weighted by Gasteiger charge is -2.19. The first kappa shape index (κ1) is 14.7. The van der Waals surface area contributed by atoms with Gasteiger partial charge in [-0.15, -0.1) is 0 Å². The molecule has 20 heavy (non-hydrogen) atoms. The fourth-order valence-corrected chi connectivity index (χ4v) is 2.43. The molecule has 0 amide bonds.